The molecule has 0 spiro atoms. The lowest BCUT2D eigenvalue weighted by Gasteiger charge is -2.13. The van der Waals surface area contributed by atoms with E-state index in [-0.39, 0.29) is 0 Å². The molecule has 3 heteroatoms. The number of hydrogen-bond donors (Lipinski definition) is 0. The number of pyridine rings is 1. The van der Waals surface area contributed by atoms with Crippen LogP contribution in [0.3, 0.4) is 0 Å². The Morgan fingerprint density at radius 2 is 0.907 bits per heavy atom. The van der Waals surface area contributed by atoms with Gasteiger partial charge in [0.05, 0.1) is 11.4 Å². The van der Waals surface area contributed by atoms with Gasteiger partial charge in [0.25, 0.3) is 0 Å². The van der Waals surface area contributed by atoms with Crippen LogP contribution in [0.2, 0.25) is 0 Å². The van der Waals surface area contributed by atoms with Crippen molar-refractivity contribution >= 4 is 37.9 Å². The standard InChI is InChI=1S/C51H35N3/c1-2-9-34(10-3-1)35-16-22-38(23-17-35)49-32-50(39-24-18-37(19-25-39)42-11-8-30-52-33-42)54-51(53-49)40-26-20-36(21-27-40)41-28-29-47-45-14-5-4-12-43(45)44-13-6-7-15-46(44)48(47)31-41/h1-2,4-9,11-33H,3,10H2. The van der Waals surface area contributed by atoms with Crippen LogP contribution in [0.15, 0.2) is 188 Å². The maximum Gasteiger partial charge on any atom is 0.160 e. The van der Waals surface area contributed by atoms with Gasteiger partial charge in [-0.2, -0.15) is 0 Å². The Balaban J connectivity index is 1.04. The van der Waals surface area contributed by atoms with E-state index in [0.717, 1.165) is 57.6 Å². The van der Waals surface area contributed by atoms with Crippen LogP contribution >= 0.6 is 0 Å². The highest BCUT2D eigenvalue weighted by atomic mass is 14.9. The van der Waals surface area contributed by atoms with Crippen molar-refractivity contribution in [3.8, 4) is 56.2 Å². The van der Waals surface area contributed by atoms with Gasteiger partial charge in [-0.3, -0.25) is 4.98 Å². The average Bonchev–Trinajstić information content (AvgIpc) is 3.27. The van der Waals surface area contributed by atoms with Crippen molar-refractivity contribution in [1.82, 2.24) is 15.0 Å². The molecule has 2 aromatic heterocycles. The maximum absolute atomic E-state index is 5.17. The van der Waals surface area contributed by atoms with Crippen molar-refractivity contribution in [3.05, 3.63) is 194 Å². The molecule has 254 valence electrons. The lowest BCUT2D eigenvalue weighted by atomic mass is 9.92. The number of allylic oxidation sites excluding steroid dienone is 4. The Hall–Kier alpha value is -6.97. The molecule has 0 aliphatic heterocycles. The third-order valence-electron chi connectivity index (χ3n) is 10.7. The minimum atomic E-state index is 0.700. The number of benzene rings is 7. The lowest BCUT2D eigenvalue weighted by Crippen LogP contribution is -1.96. The Kier molecular flexibility index (Phi) is 7.96. The third kappa shape index (κ3) is 5.86. The Morgan fingerprint density at radius 3 is 1.48 bits per heavy atom. The maximum atomic E-state index is 5.17. The van der Waals surface area contributed by atoms with Crippen molar-refractivity contribution in [2.24, 2.45) is 0 Å². The van der Waals surface area contributed by atoms with Crippen molar-refractivity contribution < 1.29 is 0 Å². The molecule has 9 aromatic rings. The van der Waals surface area contributed by atoms with Crippen molar-refractivity contribution in [2.45, 2.75) is 12.8 Å². The molecular formula is C51H35N3. The largest absolute Gasteiger partial charge is 0.264 e. The number of fused-ring (bicyclic) bond motifs is 6. The van der Waals surface area contributed by atoms with E-state index >= 15 is 0 Å². The zero-order valence-corrected chi connectivity index (χ0v) is 29.7. The van der Waals surface area contributed by atoms with Crippen LogP contribution in [-0.4, -0.2) is 15.0 Å². The monoisotopic (exact) mass is 689 g/mol. The summed E-state index contributed by atoms with van der Waals surface area (Å²) in [7, 11) is 0. The molecule has 1 aliphatic rings. The van der Waals surface area contributed by atoms with E-state index in [0.29, 0.717) is 5.82 Å². The van der Waals surface area contributed by atoms with Gasteiger partial charge in [0.15, 0.2) is 5.82 Å². The molecule has 0 fully saturated rings. The summed E-state index contributed by atoms with van der Waals surface area (Å²) in [5.74, 6) is 0.700. The predicted molar refractivity (Wildman–Crippen MR) is 226 cm³/mol. The fourth-order valence-corrected chi connectivity index (χ4v) is 7.84. The fourth-order valence-electron chi connectivity index (χ4n) is 7.84. The van der Waals surface area contributed by atoms with Crippen LogP contribution in [0.5, 0.6) is 0 Å². The van der Waals surface area contributed by atoms with Crippen LogP contribution < -0.4 is 0 Å². The van der Waals surface area contributed by atoms with E-state index in [1.54, 1.807) is 6.20 Å². The molecule has 0 radical (unpaired) electrons. The lowest BCUT2D eigenvalue weighted by molar-refractivity contribution is 1.05. The number of nitrogens with zero attached hydrogens (tertiary/aromatic N) is 3. The molecule has 0 amide bonds. The van der Waals surface area contributed by atoms with Gasteiger partial charge in [0, 0.05) is 29.1 Å². The summed E-state index contributed by atoms with van der Waals surface area (Å²) in [6.07, 6.45) is 12.4. The van der Waals surface area contributed by atoms with Crippen molar-refractivity contribution in [2.75, 3.05) is 0 Å². The first-order valence-electron chi connectivity index (χ1n) is 18.6. The molecule has 0 bridgehead atoms. The molecule has 0 N–H and O–H groups in total. The zero-order valence-electron chi connectivity index (χ0n) is 29.7. The molecular weight excluding hydrogens is 655 g/mol. The summed E-state index contributed by atoms with van der Waals surface area (Å²) >= 11 is 0. The molecule has 0 saturated heterocycles. The summed E-state index contributed by atoms with van der Waals surface area (Å²) in [6.45, 7) is 0. The summed E-state index contributed by atoms with van der Waals surface area (Å²) in [6, 6.07) is 56.5. The van der Waals surface area contributed by atoms with Crippen LogP contribution in [0.1, 0.15) is 18.4 Å². The van der Waals surface area contributed by atoms with E-state index < -0.39 is 0 Å². The highest BCUT2D eigenvalue weighted by Gasteiger charge is 2.14. The second-order valence-electron chi connectivity index (χ2n) is 13.9. The first-order chi connectivity index (χ1) is 26.7. The summed E-state index contributed by atoms with van der Waals surface area (Å²) in [5.41, 5.74) is 12.0. The van der Waals surface area contributed by atoms with Crippen molar-refractivity contribution in [1.29, 1.82) is 0 Å². The average molecular weight is 690 g/mol. The number of rotatable bonds is 6. The Labute approximate surface area is 314 Å². The minimum absolute atomic E-state index is 0.700. The third-order valence-corrected chi connectivity index (χ3v) is 10.7. The summed E-state index contributed by atoms with van der Waals surface area (Å²) < 4.78 is 0. The molecule has 10 rings (SSSR count). The quantitative estimate of drug-likeness (QED) is 0.163. The SMILES string of the molecule is C1=CCCC(c2ccc(-c3cc(-c4ccc(-c5cccnc5)cc4)nc(-c4ccc(-c5ccc6c7ccccc7c7ccccc7c6c5)cc4)n3)cc2)=C1. The van der Waals surface area contributed by atoms with Gasteiger partial charge < -0.3 is 0 Å². The number of hydrogen-bond acceptors (Lipinski definition) is 3. The smallest absolute Gasteiger partial charge is 0.160 e. The minimum Gasteiger partial charge on any atom is -0.264 e. The normalized spacial score (nSPS) is 12.7. The molecule has 7 aromatic carbocycles. The second kappa shape index (κ2) is 13.5. The topological polar surface area (TPSA) is 38.7 Å². The summed E-state index contributed by atoms with van der Waals surface area (Å²) in [5, 5.41) is 7.67. The van der Waals surface area contributed by atoms with E-state index in [9.17, 15) is 0 Å². The molecule has 0 atom stereocenters. The van der Waals surface area contributed by atoms with Gasteiger partial charge in [0.2, 0.25) is 0 Å². The fraction of sp³-hybridized carbons (Fsp3) is 0.0392. The van der Waals surface area contributed by atoms with Crippen LogP contribution in [0, 0.1) is 0 Å². The van der Waals surface area contributed by atoms with Gasteiger partial charge in [-0.05, 0) is 96.7 Å². The van der Waals surface area contributed by atoms with Crippen LogP contribution in [0.25, 0.3) is 94.0 Å². The number of aromatic nitrogens is 3. The molecule has 3 nitrogen and oxygen atoms in total. The van der Waals surface area contributed by atoms with Gasteiger partial charge in [-0.15, -0.1) is 0 Å². The molecule has 2 heterocycles. The first kappa shape index (κ1) is 31.7. The first-order valence-corrected chi connectivity index (χ1v) is 18.6. The van der Waals surface area contributed by atoms with Gasteiger partial charge in [-0.25, -0.2) is 9.97 Å². The predicted octanol–water partition coefficient (Wildman–Crippen LogP) is 13.4. The van der Waals surface area contributed by atoms with E-state index in [1.807, 2.05) is 12.3 Å². The summed E-state index contributed by atoms with van der Waals surface area (Å²) in [4.78, 5) is 14.6. The van der Waals surface area contributed by atoms with Crippen molar-refractivity contribution in [3.63, 3.8) is 0 Å². The zero-order chi connectivity index (χ0) is 35.8. The molecule has 0 saturated carbocycles. The van der Waals surface area contributed by atoms with Gasteiger partial charge in [-0.1, -0.05) is 158 Å². The Morgan fingerprint density at radius 1 is 0.389 bits per heavy atom. The highest BCUT2D eigenvalue weighted by molar-refractivity contribution is 6.25. The second-order valence-corrected chi connectivity index (χ2v) is 13.9. The van der Waals surface area contributed by atoms with Gasteiger partial charge >= 0.3 is 0 Å². The van der Waals surface area contributed by atoms with E-state index in [4.69, 9.17) is 9.97 Å². The van der Waals surface area contributed by atoms with Gasteiger partial charge in [0.1, 0.15) is 0 Å². The van der Waals surface area contributed by atoms with Crippen LogP contribution in [-0.2, 0) is 0 Å². The molecule has 0 unspecified atom stereocenters. The molecule has 1 aliphatic carbocycles. The van der Waals surface area contributed by atoms with E-state index in [2.05, 4.69) is 175 Å². The molecule has 54 heavy (non-hydrogen) atoms. The Bertz CT molecular complexity index is 2850. The van der Waals surface area contributed by atoms with E-state index in [1.165, 1.54) is 49.0 Å². The van der Waals surface area contributed by atoms with Crippen LogP contribution in [0.4, 0.5) is 0 Å². The highest BCUT2D eigenvalue weighted by Crippen LogP contribution is 2.38.